The summed E-state index contributed by atoms with van der Waals surface area (Å²) in [4.78, 5) is 12.5. The van der Waals surface area contributed by atoms with Crippen LogP contribution in [0.5, 0.6) is 11.5 Å². The second kappa shape index (κ2) is 7.49. The molecule has 3 aromatic rings. The first-order valence-electron chi connectivity index (χ1n) is 10.1. The van der Waals surface area contributed by atoms with Gasteiger partial charge in [-0.2, -0.15) is 5.10 Å². The van der Waals surface area contributed by atoms with Gasteiger partial charge in [0, 0.05) is 30.3 Å². The second-order valence-electron chi connectivity index (χ2n) is 7.81. The summed E-state index contributed by atoms with van der Waals surface area (Å²) < 4.78 is 15.0. The van der Waals surface area contributed by atoms with E-state index in [9.17, 15) is 4.79 Å². The lowest BCUT2D eigenvalue weighted by molar-refractivity contribution is -0.113. The Morgan fingerprint density at radius 1 is 1.19 bits per heavy atom. The van der Waals surface area contributed by atoms with Crippen LogP contribution in [-0.4, -0.2) is 42.1 Å². The Morgan fingerprint density at radius 2 is 1.97 bits per heavy atom. The highest BCUT2D eigenvalue weighted by atomic mass is 32.2. The molecular formula is C20H23N7O3S. The third kappa shape index (κ3) is 3.69. The minimum absolute atomic E-state index is 0.130. The molecule has 0 saturated heterocycles. The predicted octanol–water partition coefficient (Wildman–Crippen LogP) is 2.57. The van der Waals surface area contributed by atoms with Crippen molar-refractivity contribution in [1.29, 1.82) is 0 Å². The summed E-state index contributed by atoms with van der Waals surface area (Å²) in [6.45, 7) is 3.80. The lowest BCUT2D eigenvalue weighted by Gasteiger charge is -2.21. The number of carbonyl (C=O) groups excluding carboxylic acids is 1. The van der Waals surface area contributed by atoms with E-state index in [2.05, 4.69) is 20.6 Å². The molecule has 2 aromatic heterocycles. The number of aryl methyl sites for hydroxylation is 2. The van der Waals surface area contributed by atoms with E-state index in [1.165, 1.54) is 16.4 Å². The molecule has 1 spiro atoms. The lowest BCUT2D eigenvalue weighted by atomic mass is 10.2. The molecule has 1 amide bonds. The van der Waals surface area contributed by atoms with Crippen LogP contribution in [0.15, 0.2) is 29.4 Å². The largest absolute Gasteiger partial charge is 0.448 e. The molecular weight excluding hydrogens is 418 g/mol. The van der Waals surface area contributed by atoms with E-state index in [0.717, 1.165) is 42.8 Å². The van der Waals surface area contributed by atoms with Crippen LogP contribution in [0.3, 0.4) is 0 Å². The number of nitrogens with one attached hydrogen (secondary N) is 1. The number of fused-ring (bicyclic) bond motifs is 1. The van der Waals surface area contributed by atoms with Gasteiger partial charge in [-0.1, -0.05) is 11.8 Å². The Labute approximate surface area is 183 Å². The second-order valence-corrected chi connectivity index (χ2v) is 8.75. The van der Waals surface area contributed by atoms with Crippen molar-refractivity contribution in [2.45, 2.75) is 50.5 Å². The van der Waals surface area contributed by atoms with Crippen LogP contribution in [0, 0.1) is 13.8 Å². The van der Waals surface area contributed by atoms with Gasteiger partial charge in [0.2, 0.25) is 11.1 Å². The van der Waals surface area contributed by atoms with Crippen LogP contribution in [-0.2, 0) is 4.79 Å². The van der Waals surface area contributed by atoms with Gasteiger partial charge in [-0.3, -0.25) is 4.79 Å². The van der Waals surface area contributed by atoms with Crippen LogP contribution >= 0.6 is 11.8 Å². The molecule has 10 nitrogen and oxygen atoms in total. The molecule has 3 N–H and O–H groups in total. The minimum atomic E-state index is -0.519. The number of aromatic nitrogens is 5. The third-order valence-corrected chi connectivity index (χ3v) is 6.31. The summed E-state index contributed by atoms with van der Waals surface area (Å²) in [6.07, 6.45) is 3.97. The zero-order valence-electron chi connectivity index (χ0n) is 17.3. The van der Waals surface area contributed by atoms with Crippen molar-refractivity contribution in [3.05, 3.63) is 35.7 Å². The van der Waals surface area contributed by atoms with Gasteiger partial charge in [0.1, 0.15) is 0 Å². The molecule has 1 saturated carbocycles. The van der Waals surface area contributed by atoms with Crippen LogP contribution in [0.1, 0.15) is 37.1 Å². The average molecular weight is 442 g/mol. The quantitative estimate of drug-likeness (QED) is 0.458. The molecule has 31 heavy (non-hydrogen) atoms. The maximum atomic E-state index is 12.5. The number of ether oxygens (including phenoxy) is 2. The van der Waals surface area contributed by atoms with Gasteiger partial charge >= 0.3 is 0 Å². The summed E-state index contributed by atoms with van der Waals surface area (Å²) in [5.74, 6) is 7.33. The van der Waals surface area contributed by atoms with Crippen molar-refractivity contribution in [2.75, 3.05) is 16.9 Å². The monoisotopic (exact) mass is 441 g/mol. The fourth-order valence-corrected chi connectivity index (χ4v) is 4.61. The van der Waals surface area contributed by atoms with Gasteiger partial charge in [-0.25, -0.2) is 9.36 Å². The highest BCUT2D eigenvalue weighted by molar-refractivity contribution is 7.99. The molecule has 5 rings (SSSR count). The van der Waals surface area contributed by atoms with Crippen LogP contribution in [0.4, 0.5) is 5.69 Å². The van der Waals surface area contributed by atoms with Crippen molar-refractivity contribution >= 4 is 23.4 Å². The Balaban J connectivity index is 1.21. The van der Waals surface area contributed by atoms with E-state index in [4.69, 9.17) is 15.3 Å². The van der Waals surface area contributed by atoms with Crippen molar-refractivity contribution in [3.8, 4) is 17.4 Å². The van der Waals surface area contributed by atoms with Gasteiger partial charge < -0.3 is 20.6 Å². The van der Waals surface area contributed by atoms with Crippen LogP contribution < -0.4 is 20.6 Å². The smallest absolute Gasteiger partial charge is 0.271 e. The number of carbonyl (C=O) groups is 1. The summed E-state index contributed by atoms with van der Waals surface area (Å²) in [7, 11) is 0. The van der Waals surface area contributed by atoms with Crippen LogP contribution in [0.2, 0.25) is 0 Å². The van der Waals surface area contributed by atoms with Gasteiger partial charge in [-0.05, 0) is 44.9 Å². The van der Waals surface area contributed by atoms with E-state index < -0.39 is 5.79 Å². The van der Waals surface area contributed by atoms with Crippen molar-refractivity contribution in [1.82, 2.24) is 24.7 Å². The van der Waals surface area contributed by atoms with E-state index in [-0.39, 0.29) is 11.7 Å². The van der Waals surface area contributed by atoms with Crippen molar-refractivity contribution in [3.63, 3.8) is 0 Å². The Hall–Kier alpha value is -3.21. The lowest BCUT2D eigenvalue weighted by Crippen LogP contribution is -2.34. The van der Waals surface area contributed by atoms with E-state index >= 15 is 0 Å². The maximum Gasteiger partial charge on any atom is 0.271 e. The Kier molecular flexibility index (Phi) is 4.77. The standard InChI is InChI=1S/C20H23N7O3S/c1-12-9-13(2)27(25-12)18-23-24-19(26(18)21)31-11-17(28)22-14-5-6-15-16(10-14)30-20(29-15)7-3-4-8-20/h5-6,9-10H,3-4,7-8,11,21H2,1-2H3,(H,22,28). The highest BCUT2D eigenvalue weighted by Crippen LogP contribution is 2.47. The average Bonchev–Trinajstić information content (AvgIpc) is 3.48. The molecule has 0 radical (unpaired) electrons. The summed E-state index contributed by atoms with van der Waals surface area (Å²) in [5, 5.41) is 15.9. The molecule has 0 unspecified atom stereocenters. The van der Waals surface area contributed by atoms with Crippen molar-refractivity contribution < 1.29 is 14.3 Å². The Bertz CT molecular complexity index is 1150. The van der Waals surface area contributed by atoms with Crippen molar-refractivity contribution in [2.24, 2.45) is 0 Å². The third-order valence-electron chi connectivity index (χ3n) is 5.36. The number of amides is 1. The molecule has 11 heteroatoms. The number of anilines is 1. The topological polar surface area (TPSA) is 122 Å². The predicted molar refractivity (Wildman–Crippen MR) is 115 cm³/mol. The molecule has 1 aliphatic carbocycles. The number of nitrogen functional groups attached to an aromatic ring is 1. The summed E-state index contributed by atoms with van der Waals surface area (Å²) in [6, 6.07) is 7.37. The fourth-order valence-electron chi connectivity index (χ4n) is 3.96. The number of rotatable bonds is 5. The number of thioether (sulfide) groups is 1. The number of hydrogen-bond acceptors (Lipinski definition) is 8. The molecule has 2 aliphatic rings. The number of nitrogens with zero attached hydrogens (tertiary/aromatic N) is 5. The number of hydrogen-bond donors (Lipinski definition) is 2. The zero-order valence-corrected chi connectivity index (χ0v) is 18.1. The molecule has 3 heterocycles. The Morgan fingerprint density at radius 3 is 2.71 bits per heavy atom. The molecule has 162 valence electrons. The fraction of sp³-hybridized carbons (Fsp3) is 0.400. The molecule has 1 aromatic carbocycles. The normalized spacial score (nSPS) is 16.2. The first-order valence-corrected chi connectivity index (χ1v) is 11.1. The van der Waals surface area contributed by atoms with Gasteiger partial charge in [0.05, 0.1) is 11.4 Å². The molecule has 0 bridgehead atoms. The molecule has 1 fully saturated rings. The maximum absolute atomic E-state index is 12.5. The number of nitrogens with two attached hydrogens (primary N) is 1. The first-order chi connectivity index (χ1) is 14.9. The number of benzene rings is 1. The summed E-state index contributed by atoms with van der Waals surface area (Å²) >= 11 is 1.20. The first kappa shape index (κ1) is 19.7. The van der Waals surface area contributed by atoms with Crippen LogP contribution in [0.25, 0.3) is 5.95 Å². The summed E-state index contributed by atoms with van der Waals surface area (Å²) in [5.41, 5.74) is 2.41. The van der Waals surface area contributed by atoms with E-state index in [1.54, 1.807) is 10.7 Å². The van der Waals surface area contributed by atoms with Gasteiger partial charge in [-0.15, -0.1) is 10.2 Å². The van der Waals surface area contributed by atoms with Gasteiger partial charge in [0.25, 0.3) is 11.7 Å². The van der Waals surface area contributed by atoms with E-state index in [1.807, 2.05) is 32.0 Å². The SMILES string of the molecule is Cc1cc(C)n(-c2nnc(SCC(=O)Nc3ccc4c(c3)OC3(CCCC3)O4)n2N)n1. The molecule has 0 atom stereocenters. The molecule has 1 aliphatic heterocycles. The van der Waals surface area contributed by atoms with E-state index in [0.29, 0.717) is 22.5 Å². The minimum Gasteiger partial charge on any atom is -0.448 e. The van der Waals surface area contributed by atoms with Gasteiger partial charge in [0.15, 0.2) is 11.5 Å². The highest BCUT2D eigenvalue weighted by Gasteiger charge is 2.44. The zero-order chi connectivity index (χ0) is 21.6.